The molecule has 36 heavy (non-hydrogen) atoms. The van der Waals surface area contributed by atoms with Crippen LogP contribution in [0.1, 0.15) is 91.5 Å². The van der Waals surface area contributed by atoms with E-state index in [-0.39, 0.29) is 0 Å². The minimum absolute atomic E-state index is 0.360. The zero-order valence-electron chi connectivity index (χ0n) is 24.2. The van der Waals surface area contributed by atoms with Crippen molar-refractivity contribution >= 4 is 11.4 Å². The van der Waals surface area contributed by atoms with Crippen LogP contribution in [0.4, 0.5) is 11.4 Å². The Balaban J connectivity index is 1.67. The summed E-state index contributed by atoms with van der Waals surface area (Å²) < 4.78 is 12.0. The van der Waals surface area contributed by atoms with Gasteiger partial charge in [0, 0.05) is 51.0 Å². The van der Waals surface area contributed by atoms with E-state index in [1.807, 2.05) is 0 Å². The zero-order chi connectivity index (χ0) is 25.8. The number of unbranched alkanes of at least 4 members (excludes halogenated alkanes) is 2. The van der Waals surface area contributed by atoms with Gasteiger partial charge in [0.05, 0.1) is 25.5 Å². The van der Waals surface area contributed by atoms with Crippen molar-refractivity contribution in [2.24, 2.45) is 10.8 Å². The molecule has 0 amide bonds. The van der Waals surface area contributed by atoms with E-state index in [2.05, 4.69) is 68.4 Å². The zero-order valence-corrected chi connectivity index (χ0v) is 24.2. The highest BCUT2D eigenvalue weighted by atomic mass is 16.5. The van der Waals surface area contributed by atoms with Gasteiger partial charge in [-0.2, -0.15) is 0 Å². The van der Waals surface area contributed by atoms with Crippen LogP contribution >= 0.6 is 0 Å². The fraction of sp³-hybridized carbons (Fsp3) is 0.806. The number of nitrogens with zero attached hydrogens (tertiary/aromatic N) is 3. The predicted octanol–water partition coefficient (Wildman–Crippen LogP) is 6.55. The Morgan fingerprint density at radius 3 is 2.08 bits per heavy atom. The third-order valence-electron chi connectivity index (χ3n) is 8.55. The summed E-state index contributed by atoms with van der Waals surface area (Å²) in [4.78, 5) is 7.84. The number of piperazine rings is 1. The van der Waals surface area contributed by atoms with Crippen LogP contribution in [-0.2, 0) is 4.74 Å². The lowest BCUT2D eigenvalue weighted by molar-refractivity contribution is 0.0969. The van der Waals surface area contributed by atoms with Gasteiger partial charge in [-0.25, -0.2) is 0 Å². The highest BCUT2D eigenvalue weighted by molar-refractivity contribution is 5.71. The summed E-state index contributed by atoms with van der Waals surface area (Å²) in [6, 6.07) is 4.94. The molecule has 0 radical (unpaired) electrons. The molecule has 4 rings (SSSR count). The minimum atomic E-state index is 0.360. The van der Waals surface area contributed by atoms with Gasteiger partial charge in [-0.1, -0.05) is 47.5 Å². The molecule has 1 saturated carbocycles. The summed E-state index contributed by atoms with van der Waals surface area (Å²) in [7, 11) is 0. The Morgan fingerprint density at radius 2 is 1.47 bits per heavy atom. The molecule has 1 aromatic rings. The molecule has 2 aliphatic heterocycles. The van der Waals surface area contributed by atoms with Gasteiger partial charge in [0.2, 0.25) is 0 Å². The van der Waals surface area contributed by atoms with Crippen LogP contribution in [0, 0.1) is 10.8 Å². The van der Waals surface area contributed by atoms with Crippen LogP contribution in [0.15, 0.2) is 12.1 Å². The second-order valence-corrected chi connectivity index (χ2v) is 13.1. The summed E-state index contributed by atoms with van der Waals surface area (Å²) in [5.41, 5.74) is 4.99. The SMILES string of the molecule is CCCCCN1CCN(c2cc(OCC)c(N3CCOCC3)cc2C2CC(C)(C)CC(C)(C)C2)CC1. The molecule has 0 spiro atoms. The van der Waals surface area contributed by atoms with Crippen LogP contribution in [0.2, 0.25) is 0 Å². The quantitative estimate of drug-likeness (QED) is 0.359. The van der Waals surface area contributed by atoms with Gasteiger partial charge in [-0.3, -0.25) is 4.90 Å². The summed E-state index contributed by atoms with van der Waals surface area (Å²) >= 11 is 0. The lowest BCUT2D eigenvalue weighted by atomic mass is 9.60. The summed E-state index contributed by atoms with van der Waals surface area (Å²) in [6.07, 6.45) is 7.80. The highest BCUT2D eigenvalue weighted by Crippen LogP contribution is 2.54. The molecule has 2 saturated heterocycles. The third-order valence-corrected chi connectivity index (χ3v) is 8.55. The lowest BCUT2D eigenvalue weighted by Gasteiger charge is -2.47. The Hall–Kier alpha value is -1.46. The summed E-state index contributed by atoms with van der Waals surface area (Å²) in [6.45, 7) is 24.3. The van der Waals surface area contributed by atoms with E-state index in [9.17, 15) is 0 Å². The lowest BCUT2D eigenvalue weighted by Crippen LogP contribution is -2.47. The fourth-order valence-electron chi connectivity index (χ4n) is 7.36. The monoisotopic (exact) mass is 499 g/mol. The van der Waals surface area contributed by atoms with Gasteiger partial charge in [-0.05, 0) is 67.5 Å². The molecule has 0 unspecified atom stereocenters. The van der Waals surface area contributed by atoms with E-state index in [1.54, 1.807) is 5.56 Å². The number of hydrogen-bond donors (Lipinski definition) is 0. The second-order valence-electron chi connectivity index (χ2n) is 13.1. The standard InChI is InChI=1S/C31H53N3O2/c1-7-9-10-11-32-12-14-33(15-13-32)27-21-29(36-8-2)28(34-16-18-35-19-17-34)20-26(27)25-22-30(3,4)24-31(5,6)23-25/h20-21,25H,7-19,22-24H2,1-6H3. The first-order valence-electron chi connectivity index (χ1n) is 14.8. The normalized spacial score (nSPS) is 23.2. The molecule has 0 aromatic heterocycles. The van der Waals surface area contributed by atoms with Gasteiger partial charge in [0.15, 0.2) is 0 Å². The van der Waals surface area contributed by atoms with Gasteiger partial charge >= 0.3 is 0 Å². The van der Waals surface area contributed by atoms with E-state index < -0.39 is 0 Å². The topological polar surface area (TPSA) is 28.2 Å². The maximum Gasteiger partial charge on any atom is 0.144 e. The number of morpholine rings is 1. The van der Waals surface area contributed by atoms with Gasteiger partial charge < -0.3 is 19.3 Å². The van der Waals surface area contributed by atoms with Crippen molar-refractivity contribution in [2.75, 3.05) is 75.4 Å². The van der Waals surface area contributed by atoms with Crippen LogP contribution < -0.4 is 14.5 Å². The summed E-state index contributed by atoms with van der Waals surface area (Å²) in [5, 5.41) is 0. The average molecular weight is 500 g/mol. The van der Waals surface area contributed by atoms with Crippen LogP contribution in [0.5, 0.6) is 5.75 Å². The molecular formula is C31H53N3O2. The van der Waals surface area contributed by atoms with Crippen molar-refractivity contribution < 1.29 is 9.47 Å². The molecule has 3 aliphatic rings. The number of hydrogen-bond acceptors (Lipinski definition) is 5. The van der Waals surface area contributed by atoms with Crippen molar-refractivity contribution in [3.63, 3.8) is 0 Å². The molecule has 204 valence electrons. The van der Waals surface area contributed by atoms with Crippen molar-refractivity contribution in [1.29, 1.82) is 0 Å². The third kappa shape index (κ3) is 6.89. The minimum Gasteiger partial charge on any atom is -0.492 e. The van der Waals surface area contributed by atoms with Crippen LogP contribution in [-0.4, -0.2) is 70.5 Å². The van der Waals surface area contributed by atoms with Gasteiger partial charge in [-0.15, -0.1) is 0 Å². The van der Waals surface area contributed by atoms with Crippen molar-refractivity contribution in [1.82, 2.24) is 4.90 Å². The van der Waals surface area contributed by atoms with Crippen molar-refractivity contribution in [2.45, 2.75) is 86.0 Å². The van der Waals surface area contributed by atoms with Crippen molar-refractivity contribution in [3.05, 3.63) is 17.7 Å². The van der Waals surface area contributed by atoms with E-state index in [4.69, 9.17) is 9.47 Å². The van der Waals surface area contributed by atoms with E-state index >= 15 is 0 Å². The molecule has 1 aromatic carbocycles. The first-order valence-corrected chi connectivity index (χ1v) is 14.8. The highest BCUT2D eigenvalue weighted by Gasteiger charge is 2.40. The fourth-order valence-corrected chi connectivity index (χ4v) is 7.36. The maximum absolute atomic E-state index is 6.31. The predicted molar refractivity (Wildman–Crippen MR) is 153 cm³/mol. The molecule has 3 fully saturated rings. The molecular weight excluding hydrogens is 446 g/mol. The number of benzene rings is 1. The molecule has 0 N–H and O–H groups in total. The molecule has 5 nitrogen and oxygen atoms in total. The van der Waals surface area contributed by atoms with E-state index in [1.165, 1.54) is 69.5 Å². The Bertz CT molecular complexity index is 822. The second kappa shape index (κ2) is 11.9. The molecule has 0 bridgehead atoms. The summed E-state index contributed by atoms with van der Waals surface area (Å²) in [5.74, 6) is 1.63. The Kier molecular flexibility index (Phi) is 9.14. The molecule has 2 heterocycles. The Labute approximate surface area is 221 Å². The Morgan fingerprint density at radius 1 is 0.833 bits per heavy atom. The average Bonchev–Trinajstić information content (AvgIpc) is 2.83. The maximum atomic E-state index is 6.31. The van der Waals surface area contributed by atoms with Crippen LogP contribution in [0.25, 0.3) is 0 Å². The first kappa shape index (κ1) is 27.6. The number of rotatable bonds is 9. The van der Waals surface area contributed by atoms with Crippen LogP contribution in [0.3, 0.4) is 0 Å². The smallest absolute Gasteiger partial charge is 0.144 e. The van der Waals surface area contributed by atoms with Gasteiger partial charge in [0.1, 0.15) is 5.75 Å². The first-order chi connectivity index (χ1) is 17.2. The van der Waals surface area contributed by atoms with E-state index in [0.717, 1.165) is 45.1 Å². The number of anilines is 2. The molecule has 1 aliphatic carbocycles. The molecule has 5 heteroatoms. The largest absolute Gasteiger partial charge is 0.492 e. The number of ether oxygens (including phenoxy) is 2. The van der Waals surface area contributed by atoms with E-state index in [0.29, 0.717) is 23.4 Å². The molecule has 0 atom stereocenters. The van der Waals surface area contributed by atoms with Crippen molar-refractivity contribution in [3.8, 4) is 5.75 Å². The van der Waals surface area contributed by atoms with Gasteiger partial charge in [0.25, 0.3) is 0 Å².